The van der Waals surface area contributed by atoms with Crippen molar-refractivity contribution in [3.05, 3.63) is 20.9 Å². The molecule has 0 aliphatic carbocycles. The molecule has 0 fully saturated rings. The van der Waals surface area contributed by atoms with Crippen LogP contribution in [0.1, 0.15) is 0 Å². The third-order valence-electron chi connectivity index (χ3n) is 0.160. The molecule has 7 heteroatoms. The van der Waals surface area contributed by atoms with Gasteiger partial charge in [-0.25, -0.2) is 0 Å². The second kappa shape index (κ2) is 5.50. The van der Waals surface area contributed by atoms with Crippen molar-refractivity contribution < 1.29 is 0 Å². The van der Waals surface area contributed by atoms with E-state index in [1.54, 1.807) is 0 Å². The van der Waals surface area contributed by atoms with Crippen molar-refractivity contribution >= 4 is 23.8 Å². The Morgan fingerprint density at radius 2 is 1.57 bits per heavy atom. The van der Waals surface area contributed by atoms with Gasteiger partial charge in [-0.05, 0) is 0 Å². The summed E-state index contributed by atoms with van der Waals surface area (Å²) in [6.45, 7) is 0. The summed E-state index contributed by atoms with van der Waals surface area (Å²) in [5, 5.41) is 0. The SMILES string of the molecule is [N-]=[N+]=[N][Bi][N]=[N+]=[N-]. The van der Waals surface area contributed by atoms with E-state index in [4.69, 9.17) is 11.1 Å². The van der Waals surface area contributed by atoms with E-state index in [1.165, 1.54) is 0 Å². The number of nitrogens with zero attached hydrogens (tertiary/aromatic N) is 6. The molecule has 0 N–H and O–H groups in total. The Kier molecular flexibility index (Phi) is 5.11. The van der Waals surface area contributed by atoms with Crippen LogP contribution in [-0.2, 0) is 0 Å². The van der Waals surface area contributed by atoms with Gasteiger partial charge < -0.3 is 0 Å². The van der Waals surface area contributed by atoms with Gasteiger partial charge in [0, 0.05) is 0 Å². The molecule has 0 rings (SSSR count). The van der Waals surface area contributed by atoms with Crippen LogP contribution in [0.5, 0.6) is 0 Å². The van der Waals surface area contributed by atoms with Crippen molar-refractivity contribution in [2.45, 2.75) is 0 Å². The monoisotopic (exact) mass is 293 g/mol. The van der Waals surface area contributed by atoms with E-state index in [9.17, 15) is 0 Å². The summed E-state index contributed by atoms with van der Waals surface area (Å²) in [7, 11) is 0. The molecular weight excluding hydrogens is 293 g/mol. The third kappa shape index (κ3) is 5.50. The van der Waals surface area contributed by atoms with E-state index in [1.807, 2.05) is 0 Å². The fourth-order valence-corrected chi connectivity index (χ4v) is 0.471. The fraction of sp³-hybridized carbons (Fsp3) is 0. The number of hydrogen-bond donors (Lipinski definition) is 0. The first kappa shape index (κ1) is 6.50. The van der Waals surface area contributed by atoms with Gasteiger partial charge in [-0.3, -0.25) is 0 Å². The number of hydrogen-bond acceptors (Lipinski definition) is 2. The van der Waals surface area contributed by atoms with Crippen LogP contribution >= 0.6 is 0 Å². The van der Waals surface area contributed by atoms with Crippen LogP contribution in [0.2, 0.25) is 0 Å². The summed E-state index contributed by atoms with van der Waals surface area (Å²) < 4.78 is 6.20. The zero-order valence-corrected chi connectivity index (χ0v) is 6.61. The van der Waals surface area contributed by atoms with Crippen LogP contribution in [0.4, 0.5) is 0 Å². The fourth-order valence-electron chi connectivity index (χ4n) is 0.0537. The molecule has 0 heterocycles. The molecule has 0 amide bonds. The number of azide groups is 1. The molecule has 6 nitrogen and oxygen atoms in total. The average molecular weight is 293 g/mol. The van der Waals surface area contributed by atoms with E-state index in [0.717, 1.165) is 0 Å². The van der Waals surface area contributed by atoms with Crippen molar-refractivity contribution in [3.8, 4) is 0 Å². The zero-order chi connectivity index (χ0) is 5.54. The van der Waals surface area contributed by atoms with Gasteiger partial charge in [0.25, 0.3) is 0 Å². The molecule has 0 aromatic heterocycles. The molecule has 0 aliphatic rings. The predicted molar refractivity (Wildman–Crippen MR) is 24.0 cm³/mol. The summed E-state index contributed by atoms with van der Waals surface area (Å²) in [5.74, 6) is 0. The van der Waals surface area contributed by atoms with Crippen LogP contribution in [0.3, 0.4) is 0 Å². The predicted octanol–water partition coefficient (Wildman–Crippen LogP) is 1.14. The summed E-state index contributed by atoms with van der Waals surface area (Å²) in [4.78, 5) is 4.83. The Hall–Kier alpha value is -0.497. The standard InChI is InChI=1S/Bi.2N3/c;2*1-3-2/q+2;2*-1. The summed E-state index contributed by atoms with van der Waals surface area (Å²) >= 11 is -1.48. The van der Waals surface area contributed by atoms with Gasteiger partial charge in [0.05, 0.1) is 0 Å². The Morgan fingerprint density at radius 3 is 1.86 bits per heavy atom. The van der Waals surface area contributed by atoms with Crippen molar-refractivity contribution in [3.63, 3.8) is 0 Å². The summed E-state index contributed by atoms with van der Waals surface area (Å²) in [6.07, 6.45) is 0. The first-order valence-corrected chi connectivity index (χ1v) is 4.31. The van der Waals surface area contributed by atoms with Crippen LogP contribution in [-0.4, -0.2) is 23.8 Å². The van der Waals surface area contributed by atoms with Crippen molar-refractivity contribution in [1.82, 2.24) is 0 Å². The van der Waals surface area contributed by atoms with E-state index in [0.29, 0.717) is 0 Å². The second-order valence-electron chi connectivity index (χ2n) is 0.447. The minimum absolute atomic E-state index is 1.48. The van der Waals surface area contributed by atoms with Gasteiger partial charge in [-0.15, -0.1) is 0 Å². The molecule has 7 heavy (non-hydrogen) atoms. The molecule has 0 unspecified atom stereocenters. The molecule has 0 aliphatic heterocycles. The van der Waals surface area contributed by atoms with Crippen LogP contribution in [0, 0.1) is 0 Å². The Bertz CT molecular complexity index is 107. The van der Waals surface area contributed by atoms with Crippen LogP contribution in [0.25, 0.3) is 20.9 Å². The Morgan fingerprint density at radius 1 is 1.14 bits per heavy atom. The average Bonchev–Trinajstić information content (AvgIpc) is 1.69. The summed E-state index contributed by atoms with van der Waals surface area (Å²) in [5.41, 5.74) is 15.2. The zero-order valence-electron chi connectivity index (χ0n) is 3.13. The van der Waals surface area contributed by atoms with Crippen molar-refractivity contribution in [1.29, 1.82) is 0 Å². The molecule has 1 radical (unpaired) electrons. The van der Waals surface area contributed by atoms with E-state index >= 15 is 0 Å². The van der Waals surface area contributed by atoms with Crippen molar-refractivity contribution in [2.75, 3.05) is 0 Å². The van der Waals surface area contributed by atoms with Gasteiger partial charge in [0.15, 0.2) is 0 Å². The van der Waals surface area contributed by atoms with E-state index in [2.05, 4.69) is 15.9 Å². The second-order valence-corrected chi connectivity index (χ2v) is 2.53. The molecule has 0 aromatic rings. The third-order valence-corrected chi connectivity index (χ3v) is 1.40. The molecular formula is BiN6. The summed E-state index contributed by atoms with van der Waals surface area (Å²) in [6, 6.07) is 0. The van der Waals surface area contributed by atoms with Gasteiger partial charge in [-0.2, -0.15) is 0 Å². The molecule has 0 atom stereocenters. The maximum absolute atomic E-state index is 7.61. The first-order chi connectivity index (χ1) is 3.41. The van der Waals surface area contributed by atoms with Gasteiger partial charge >= 0.3 is 50.8 Å². The maximum atomic E-state index is 7.61. The molecule has 0 aromatic carbocycles. The molecule has 0 bridgehead atoms. The quantitative estimate of drug-likeness (QED) is 0.316. The van der Waals surface area contributed by atoms with E-state index in [-0.39, 0.29) is 0 Å². The van der Waals surface area contributed by atoms with Crippen LogP contribution < -0.4 is 0 Å². The molecule has 35 valence electrons. The molecule has 0 spiro atoms. The molecule has 0 saturated carbocycles. The first-order valence-electron chi connectivity index (χ1n) is 1.20. The minimum atomic E-state index is -1.48. The van der Waals surface area contributed by atoms with Gasteiger partial charge in [0.2, 0.25) is 0 Å². The van der Waals surface area contributed by atoms with Gasteiger partial charge in [0.1, 0.15) is 0 Å². The Labute approximate surface area is 51.1 Å². The topological polar surface area (TPSA) is 97.5 Å². The van der Waals surface area contributed by atoms with Crippen molar-refractivity contribution in [2.24, 2.45) is 6.12 Å². The number of rotatable bonds is 2. The van der Waals surface area contributed by atoms with Crippen LogP contribution in [0.15, 0.2) is 6.12 Å². The normalized spacial score (nSPS) is 5.71. The molecule has 0 saturated heterocycles. The van der Waals surface area contributed by atoms with Gasteiger partial charge in [-0.1, -0.05) is 0 Å². The van der Waals surface area contributed by atoms with E-state index < -0.39 is 23.8 Å². The Balaban J connectivity index is 3.33.